The van der Waals surface area contributed by atoms with Crippen LogP contribution in [0.2, 0.25) is 0 Å². The van der Waals surface area contributed by atoms with Crippen molar-refractivity contribution in [3.05, 3.63) is 23.8 Å². The van der Waals surface area contributed by atoms with Crippen LogP contribution in [0.3, 0.4) is 0 Å². The predicted octanol–water partition coefficient (Wildman–Crippen LogP) is 2.19. The van der Waals surface area contributed by atoms with E-state index in [4.69, 9.17) is 15.9 Å². The van der Waals surface area contributed by atoms with Crippen molar-refractivity contribution < 1.29 is 14.3 Å². The molecule has 0 saturated heterocycles. The molecule has 1 fully saturated rings. The van der Waals surface area contributed by atoms with Gasteiger partial charge in [0.25, 0.3) is 5.91 Å². The number of nitrogens with zero attached hydrogens (tertiary/aromatic N) is 1. The van der Waals surface area contributed by atoms with Gasteiger partial charge in [0, 0.05) is 12.1 Å². The lowest BCUT2D eigenvalue weighted by molar-refractivity contribution is 0.0769. The fraction of sp³-hybridized carbons (Fsp3) is 0.438. The molecule has 1 saturated carbocycles. The molecule has 4 nitrogen and oxygen atoms in total. The molecule has 0 aliphatic heterocycles. The third-order valence-electron chi connectivity index (χ3n) is 3.38. The number of carbonyl (C=O) groups excluding carboxylic acids is 1. The highest BCUT2D eigenvalue weighted by molar-refractivity contribution is 5.95. The van der Waals surface area contributed by atoms with E-state index in [1.807, 2.05) is 0 Å². The van der Waals surface area contributed by atoms with Crippen molar-refractivity contribution in [2.75, 3.05) is 27.3 Å². The topological polar surface area (TPSA) is 38.8 Å². The van der Waals surface area contributed by atoms with Crippen LogP contribution in [-0.2, 0) is 0 Å². The zero-order valence-electron chi connectivity index (χ0n) is 11.9. The van der Waals surface area contributed by atoms with Gasteiger partial charge in [-0.2, -0.15) is 0 Å². The second-order valence-electron chi connectivity index (χ2n) is 4.90. The van der Waals surface area contributed by atoms with Crippen LogP contribution in [0.25, 0.3) is 0 Å². The van der Waals surface area contributed by atoms with E-state index in [0.29, 0.717) is 29.5 Å². The second-order valence-corrected chi connectivity index (χ2v) is 4.90. The standard InChI is InChI=1S/C16H19NO3/c1-4-9-17(11-12-5-6-12)16(18)13-7-8-14(19-2)15(10-13)20-3/h1,7-8,10,12H,5-6,9,11H2,2-3H3. The van der Waals surface area contributed by atoms with Crippen LogP contribution in [0, 0.1) is 18.3 Å². The van der Waals surface area contributed by atoms with Gasteiger partial charge in [0.05, 0.1) is 20.8 Å². The summed E-state index contributed by atoms with van der Waals surface area (Å²) in [5.41, 5.74) is 0.568. The molecule has 20 heavy (non-hydrogen) atoms. The Morgan fingerprint density at radius 3 is 2.60 bits per heavy atom. The summed E-state index contributed by atoms with van der Waals surface area (Å²) >= 11 is 0. The molecule has 0 aromatic heterocycles. The Labute approximate surface area is 119 Å². The average molecular weight is 273 g/mol. The van der Waals surface area contributed by atoms with Crippen LogP contribution < -0.4 is 9.47 Å². The molecule has 1 aromatic carbocycles. The molecule has 1 amide bonds. The van der Waals surface area contributed by atoms with Crippen LogP contribution in [0.4, 0.5) is 0 Å². The Morgan fingerprint density at radius 2 is 2.05 bits per heavy atom. The number of hydrogen-bond donors (Lipinski definition) is 0. The van der Waals surface area contributed by atoms with Gasteiger partial charge in [0.2, 0.25) is 0 Å². The van der Waals surface area contributed by atoms with E-state index >= 15 is 0 Å². The summed E-state index contributed by atoms with van der Waals surface area (Å²) < 4.78 is 10.4. The minimum atomic E-state index is -0.0594. The Hall–Kier alpha value is -2.15. The van der Waals surface area contributed by atoms with Crippen molar-refractivity contribution in [3.63, 3.8) is 0 Å². The van der Waals surface area contributed by atoms with E-state index in [0.717, 1.165) is 6.54 Å². The van der Waals surface area contributed by atoms with E-state index in [2.05, 4.69) is 5.92 Å². The smallest absolute Gasteiger partial charge is 0.254 e. The molecule has 1 aliphatic carbocycles. The van der Waals surface area contributed by atoms with E-state index in [1.54, 1.807) is 37.3 Å². The first kappa shape index (κ1) is 14.3. The summed E-state index contributed by atoms with van der Waals surface area (Å²) in [6.07, 6.45) is 7.72. The zero-order chi connectivity index (χ0) is 14.5. The van der Waals surface area contributed by atoms with Crippen molar-refractivity contribution >= 4 is 5.91 Å². The quantitative estimate of drug-likeness (QED) is 0.746. The van der Waals surface area contributed by atoms with Gasteiger partial charge in [-0.3, -0.25) is 4.79 Å². The maximum Gasteiger partial charge on any atom is 0.254 e. The largest absolute Gasteiger partial charge is 0.493 e. The van der Waals surface area contributed by atoms with Crippen LogP contribution in [0.5, 0.6) is 11.5 Å². The van der Waals surface area contributed by atoms with Gasteiger partial charge in [0.1, 0.15) is 0 Å². The Balaban J connectivity index is 2.19. The molecule has 2 rings (SSSR count). The summed E-state index contributed by atoms with van der Waals surface area (Å²) in [7, 11) is 3.12. The van der Waals surface area contributed by atoms with Crippen molar-refractivity contribution in [3.8, 4) is 23.8 Å². The molecule has 106 valence electrons. The Morgan fingerprint density at radius 1 is 1.35 bits per heavy atom. The van der Waals surface area contributed by atoms with Gasteiger partial charge in [-0.25, -0.2) is 0 Å². The zero-order valence-corrected chi connectivity index (χ0v) is 11.9. The van der Waals surface area contributed by atoms with Crippen LogP contribution in [-0.4, -0.2) is 38.1 Å². The number of carbonyl (C=O) groups is 1. The van der Waals surface area contributed by atoms with E-state index in [-0.39, 0.29) is 5.91 Å². The van der Waals surface area contributed by atoms with Gasteiger partial charge < -0.3 is 14.4 Å². The number of hydrogen-bond acceptors (Lipinski definition) is 3. The molecule has 4 heteroatoms. The number of amides is 1. The minimum Gasteiger partial charge on any atom is -0.493 e. The maximum absolute atomic E-state index is 12.5. The average Bonchev–Trinajstić information content (AvgIpc) is 3.29. The van der Waals surface area contributed by atoms with Crippen molar-refractivity contribution in [2.24, 2.45) is 5.92 Å². The normalized spacial score (nSPS) is 13.4. The lowest BCUT2D eigenvalue weighted by Gasteiger charge is -2.20. The molecule has 0 spiro atoms. The van der Waals surface area contributed by atoms with Crippen molar-refractivity contribution in [1.82, 2.24) is 4.90 Å². The van der Waals surface area contributed by atoms with Crippen molar-refractivity contribution in [1.29, 1.82) is 0 Å². The number of methoxy groups -OCH3 is 2. The molecule has 0 atom stereocenters. The molecule has 0 radical (unpaired) electrons. The molecule has 0 unspecified atom stereocenters. The number of benzene rings is 1. The lowest BCUT2D eigenvalue weighted by Crippen LogP contribution is -2.33. The first-order valence-electron chi connectivity index (χ1n) is 6.64. The highest BCUT2D eigenvalue weighted by atomic mass is 16.5. The first-order valence-corrected chi connectivity index (χ1v) is 6.64. The Bertz CT molecular complexity index is 529. The van der Waals surface area contributed by atoms with Gasteiger partial charge >= 0.3 is 0 Å². The lowest BCUT2D eigenvalue weighted by atomic mass is 10.1. The number of ether oxygens (including phenoxy) is 2. The monoisotopic (exact) mass is 273 g/mol. The molecule has 0 heterocycles. The van der Waals surface area contributed by atoms with E-state index in [9.17, 15) is 4.79 Å². The number of rotatable bonds is 6. The third kappa shape index (κ3) is 3.24. The summed E-state index contributed by atoms with van der Waals surface area (Å²) in [5, 5.41) is 0. The third-order valence-corrected chi connectivity index (χ3v) is 3.38. The van der Waals surface area contributed by atoms with Gasteiger partial charge in [0.15, 0.2) is 11.5 Å². The minimum absolute atomic E-state index is 0.0594. The summed E-state index contributed by atoms with van der Waals surface area (Å²) in [6.45, 7) is 1.07. The van der Waals surface area contributed by atoms with Crippen molar-refractivity contribution in [2.45, 2.75) is 12.8 Å². The summed E-state index contributed by atoms with van der Waals surface area (Å²) in [4.78, 5) is 14.2. The summed E-state index contributed by atoms with van der Waals surface area (Å²) in [6, 6.07) is 5.16. The van der Waals surface area contributed by atoms with Gasteiger partial charge in [-0.1, -0.05) is 5.92 Å². The second kappa shape index (κ2) is 6.33. The van der Waals surface area contributed by atoms with Crippen LogP contribution in [0.1, 0.15) is 23.2 Å². The fourth-order valence-corrected chi connectivity index (χ4v) is 2.09. The molecule has 1 aromatic rings. The maximum atomic E-state index is 12.5. The number of terminal acetylenes is 1. The fourth-order valence-electron chi connectivity index (χ4n) is 2.09. The highest BCUT2D eigenvalue weighted by Crippen LogP contribution is 2.31. The molecular weight excluding hydrogens is 254 g/mol. The molecular formula is C16H19NO3. The van der Waals surface area contributed by atoms with Gasteiger partial charge in [-0.15, -0.1) is 6.42 Å². The van der Waals surface area contributed by atoms with Crippen LogP contribution in [0.15, 0.2) is 18.2 Å². The summed E-state index contributed by atoms with van der Waals surface area (Å²) in [5.74, 6) is 4.25. The van der Waals surface area contributed by atoms with E-state index < -0.39 is 0 Å². The Kier molecular flexibility index (Phi) is 4.52. The molecule has 1 aliphatic rings. The first-order chi connectivity index (χ1) is 9.69. The SMILES string of the molecule is C#CCN(CC1CC1)C(=O)c1ccc(OC)c(OC)c1. The highest BCUT2D eigenvalue weighted by Gasteiger charge is 2.27. The van der Waals surface area contributed by atoms with E-state index in [1.165, 1.54) is 12.8 Å². The molecule has 0 N–H and O–H groups in total. The van der Waals surface area contributed by atoms with Gasteiger partial charge in [-0.05, 0) is 37.0 Å². The molecule has 0 bridgehead atoms. The van der Waals surface area contributed by atoms with Crippen LogP contribution >= 0.6 is 0 Å². The predicted molar refractivity (Wildman–Crippen MR) is 77.0 cm³/mol.